The number of furan rings is 1. The van der Waals surface area contributed by atoms with E-state index in [9.17, 15) is 19.2 Å². The van der Waals surface area contributed by atoms with Gasteiger partial charge in [-0.25, -0.2) is 9.59 Å². The summed E-state index contributed by atoms with van der Waals surface area (Å²) < 4.78 is 10.4. The van der Waals surface area contributed by atoms with Crippen molar-refractivity contribution in [3.8, 4) is 11.3 Å². The monoisotopic (exact) mass is 476 g/mol. The van der Waals surface area contributed by atoms with Crippen LogP contribution in [-0.2, 0) is 14.3 Å². The first-order valence-corrected chi connectivity index (χ1v) is 10.2. The second-order valence-electron chi connectivity index (χ2n) is 7.08. The highest BCUT2D eigenvalue weighted by Crippen LogP contribution is 2.26. The van der Waals surface area contributed by atoms with E-state index in [4.69, 9.17) is 21.7 Å². The minimum atomic E-state index is -1.11. The molecule has 34 heavy (non-hydrogen) atoms. The van der Waals surface area contributed by atoms with Crippen LogP contribution in [0.15, 0.2) is 70.7 Å². The van der Waals surface area contributed by atoms with E-state index in [0.29, 0.717) is 22.6 Å². The molecular formula is C24H16N2O7S. The zero-order chi connectivity index (χ0) is 24.4. The minimum Gasteiger partial charge on any atom is -0.478 e. The molecule has 9 nitrogen and oxygen atoms in total. The van der Waals surface area contributed by atoms with Crippen LogP contribution < -0.4 is 10.2 Å². The molecule has 0 atom stereocenters. The molecule has 2 aromatic carbocycles. The molecule has 4 rings (SSSR count). The van der Waals surface area contributed by atoms with Crippen LogP contribution in [0.1, 0.15) is 26.5 Å². The van der Waals surface area contributed by atoms with Gasteiger partial charge in [-0.3, -0.25) is 19.8 Å². The van der Waals surface area contributed by atoms with Crippen molar-refractivity contribution < 1.29 is 33.4 Å². The third kappa shape index (κ3) is 4.34. The number of anilines is 1. The summed E-state index contributed by atoms with van der Waals surface area (Å²) in [6, 6.07) is 15.3. The van der Waals surface area contributed by atoms with Crippen molar-refractivity contribution in [1.82, 2.24) is 5.32 Å². The zero-order valence-corrected chi connectivity index (χ0v) is 18.4. The molecule has 0 aliphatic carbocycles. The molecule has 3 aromatic rings. The minimum absolute atomic E-state index is 0.0432. The van der Waals surface area contributed by atoms with Gasteiger partial charge in [0.15, 0.2) is 5.11 Å². The molecule has 2 amide bonds. The third-order valence-corrected chi connectivity index (χ3v) is 5.26. The Balaban J connectivity index is 1.61. The summed E-state index contributed by atoms with van der Waals surface area (Å²) in [5.41, 5.74) is 1.20. The normalized spacial score (nSPS) is 14.8. The first kappa shape index (κ1) is 22.6. The highest BCUT2D eigenvalue weighted by atomic mass is 32.1. The maximum atomic E-state index is 13.1. The molecule has 1 aliphatic rings. The molecule has 0 saturated carbocycles. The van der Waals surface area contributed by atoms with Crippen molar-refractivity contribution in [2.75, 3.05) is 12.0 Å². The molecule has 1 saturated heterocycles. The van der Waals surface area contributed by atoms with E-state index in [-0.39, 0.29) is 22.0 Å². The number of carboxylic acid groups (broad SMARTS) is 1. The van der Waals surface area contributed by atoms with E-state index >= 15 is 0 Å². The van der Waals surface area contributed by atoms with Crippen molar-refractivity contribution in [2.24, 2.45) is 0 Å². The van der Waals surface area contributed by atoms with E-state index in [2.05, 4.69) is 10.1 Å². The van der Waals surface area contributed by atoms with Gasteiger partial charge in [0.05, 0.1) is 23.9 Å². The fraction of sp³-hybridized carbons (Fsp3) is 0.0417. The zero-order valence-electron chi connectivity index (χ0n) is 17.6. The lowest BCUT2D eigenvalue weighted by Gasteiger charge is -2.28. The Labute approximate surface area is 198 Å². The standard InChI is InChI=1S/C24H16N2O7S/c1-32-23(31)15-4-2-13(3-5-15)19-11-10-17(33-19)12-18-20(27)25-24(34)26(21(18)28)16-8-6-14(7-9-16)22(29)30/h2-12H,1H3,(H,29,30)(H,25,27,34)/b18-12+. The Morgan fingerprint density at radius 3 is 2.26 bits per heavy atom. The average Bonchev–Trinajstić information content (AvgIpc) is 3.30. The molecule has 2 heterocycles. The Bertz CT molecular complexity index is 1350. The SMILES string of the molecule is COC(=O)c1ccc(-c2ccc(/C=C3\C(=O)NC(=S)N(c4ccc(C(=O)O)cc4)C3=O)o2)cc1. The number of hydrogen-bond acceptors (Lipinski definition) is 7. The van der Waals surface area contributed by atoms with Crippen molar-refractivity contribution in [3.63, 3.8) is 0 Å². The molecule has 0 radical (unpaired) electrons. The lowest BCUT2D eigenvalue weighted by atomic mass is 10.1. The number of ether oxygens (including phenoxy) is 1. The van der Waals surface area contributed by atoms with E-state index in [1.54, 1.807) is 36.4 Å². The number of thiocarbonyl (C=S) groups is 1. The number of carbonyl (C=O) groups is 4. The first-order valence-electron chi connectivity index (χ1n) is 9.82. The Morgan fingerprint density at radius 2 is 1.65 bits per heavy atom. The summed E-state index contributed by atoms with van der Waals surface area (Å²) in [7, 11) is 1.30. The summed E-state index contributed by atoms with van der Waals surface area (Å²) >= 11 is 5.14. The molecule has 0 bridgehead atoms. The van der Waals surface area contributed by atoms with Gasteiger partial charge in [-0.05, 0) is 66.8 Å². The van der Waals surface area contributed by atoms with Gasteiger partial charge < -0.3 is 14.3 Å². The number of methoxy groups -OCH3 is 1. The van der Waals surface area contributed by atoms with Gasteiger partial charge in [0.2, 0.25) is 0 Å². The quantitative estimate of drug-likeness (QED) is 0.249. The average molecular weight is 476 g/mol. The largest absolute Gasteiger partial charge is 0.478 e. The van der Waals surface area contributed by atoms with Crippen LogP contribution in [0.5, 0.6) is 0 Å². The van der Waals surface area contributed by atoms with Crippen molar-refractivity contribution in [3.05, 3.63) is 83.1 Å². The lowest BCUT2D eigenvalue weighted by Crippen LogP contribution is -2.54. The van der Waals surface area contributed by atoms with Crippen LogP contribution in [0, 0.1) is 0 Å². The van der Waals surface area contributed by atoms with Gasteiger partial charge in [0.25, 0.3) is 11.8 Å². The lowest BCUT2D eigenvalue weighted by molar-refractivity contribution is -0.122. The molecule has 0 unspecified atom stereocenters. The number of carbonyl (C=O) groups excluding carboxylic acids is 3. The second kappa shape index (κ2) is 9.12. The van der Waals surface area contributed by atoms with Crippen LogP contribution in [0.25, 0.3) is 17.4 Å². The summed E-state index contributed by atoms with van der Waals surface area (Å²) in [6.07, 6.45) is 1.30. The topological polar surface area (TPSA) is 126 Å². The second-order valence-corrected chi connectivity index (χ2v) is 7.47. The maximum Gasteiger partial charge on any atom is 0.337 e. The van der Waals surface area contributed by atoms with Crippen LogP contribution in [0.3, 0.4) is 0 Å². The number of benzene rings is 2. The smallest absolute Gasteiger partial charge is 0.337 e. The molecule has 1 fully saturated rings. The molecular weight excluding hydrogens is 460 g/mol. The number of esters is 1. The van der Waals surface area contributed by atoms with Gasteiger partial charge in [-0.1, -0.05) is 12.1 Å². The van der Waals surface area contributed by atoms with Crippen molar-refractivity contribution >= 4 is 52.8 Å². The number of carboxylic acids is 1. The number of rotatable bonds is 5. The summed E-state index contributed by atoms with van der Waals surface area (Å²) in [6.45, 7) is 0. The number of nitrogens with zero attached hydrogens (tertiary/aromatic N) is 1. The Kier molecular flexibility index (Phi) is 6.07. The van der Waals surface area contributed by atoms with Gasteiger partial charge in [-0.15, -0.1) is 0 Å². The van der Waals surface area contributed by atoms with Crippen LogP contribution >= 0.6 is 12.2 Å². The summed E-state index contributed by atoms with van der Waals surface area (Å²) in [4.78, 5) is 49.3. The molecule has 10 heteroatoms. The molecule has 0 spiro atoms. The fourth-order valence-electron chi connectivity index (χ4n) is 3.26. The fourth-order valence-corrected chi connectivity index (χ4v) is 3.54. The van der Waals surface area contributed by atoms with E-state index in [1.807, 2.05) is 0 Å². The van der Waals surface area contributed by atoms with E-state index < -0.39 is 23.8 Å². The Morgan fingerprint density at radius 1 is 1.00 bits per heavy atom. The van der Waals surface area contributed by atoms with Gasteiger partial charge >= 0.3 is 11.9 Å². The van der Waals surface area contributed by atoms with Crippen molar-refractivity contribution in [2.45, 2.75) is 0 Å². The van der Waals surface area contributed by atoms with Gasteiger partial charge in [0, 0.05) is 5.56 Å². The van der Waals surface area contributed by atoms with Crippen LogP contribution in [0.2, 0.25) is 0 Å². The predicted molar refractivity (Wildman–Crippen MR) is 125 cm³/mol. The number of aromatic carboxylic acids is 1. The van der Waals surface area contributed by atoms with Crippen molar-refractivity contribution in [1.29, 1.82) is 0 Å². The van der Waals surface area contributed by atoms with Gasteiger partial charge in [0.1, 0.15) is 17.1 Å². The van der Waals surface area contributed by atoms with Crippen LogP contribution in [0.4, 0.5) is 5.69 Å². The number of hydrogen-bond donors (Lipinski definition) is 2. The molecule has 2 N–H and O–H groups in total. The predicted octanol–water partition coefficient (Wildman–Crippen LogP) is 3.26. The van der Waals surface area contributed by atoms with Gasteiger partial charge in [-0.2, -0.15) is 0 Å². The number of nitrogens with one attached hydrogen (secondary N) is 1. The molecule has 170 valence electrons. The summed E-state index contributed by atoms with van der Waals surface area (Å²) in [5, 5.41) is 11.4. The summed E-state index contributed by atoms with van der Waals surface area (Å²) in [5.74, 6) is -2.23. The first-order chi connectivity index (χ1) is 16.3. The highest BCUT2D eigenvalue weighted by Gasteiger charge is 2.34. The third-order valence-electron chi connectivity index (χ3n) is 4.98. The van der Waals surface area contributed by atoms with E-state index in [1.165, 1.54) is 37.5 Å². The highest BCUT2D eigenvalue weighted by molar-refractivity contribution is 7.80. The molecule has 1 aliphatic heterocycles. The molecule has 1 aromatic heterocycles. The maximum absolute atomic E-state index is 13.1. The Hall–Kier alpha value is -4.57. The number of amides is 2. The van der Waals surface area contributed by atoms with Crippen LogP contribution in [-0.4, -0.2) is 41.1 Å². The van der Waals surface area contributed by atoms with E-state index in [0.717, 1.165) is 4.90 Å².